The molecule has 1 saturated heterocycles. The fourth-order valence-electron chi connectivity index (χ4n) is 3.89. The zero-order valence-corrected chi connectivity index (χ0v) is 18.3. The lowest BCUT2D eigenvalue weighted by Crippen LogP contribution is -2.28. The summed E-state index contributed by atoms with van der Waals surface area (Å²) in [6.45, 7) is 4.16. The molecule has 0 atom stereocenters. The predicted octanol–water partition coefficient (Wildman–Crippen LogP) is 5.21. The molecule has 1 aliphatic heterocycles. The second-order valence-corrected chi connectivity index (χ2v) is 8.08. The van der Waals surface area contributed by atoms with Crippen LogP contribution in [0.25, 0.3) is 12.2 Å². The maximum Gasteiger partial charge on any atom is 0.251 e. The maximum absolute atomic E-state index is 12.6. The predicted molar refractivity (Wildman–Crippen MR) is 132 cm³/mol. The molecule has 0 radical (unpaired) electrons. The second-order valence-electron chi connectivity index (χ2n) is 8.08. The first-order chi connectivity index (χ1) is 15.8. The van der Waals surface area contributed by atoms with E-state index in [4.69, 9.17) is 0 Å². The minimum absolute atomic E-state index is 0.0258. The fourth-order valence-corrected chi connectivity index (χ4v) is 3.89. The van der Waals surface area contributed by atoms with Gasteiger partial charge < -0.3 is 15.5 Å². The van der Waals surface area contributed by atoms with Gasteiger partial charge in [-0.25, -0.2) is 0 Å². The van der Waals surface area contributed by atoms with Gasteiger partial charge in [0.05, 0.1) is 5.69 Å². The van der Waals surface area contributed by atoms with E-state index in [9.17, 15) is 4.79 Å². The Bertz CT molecular complexity index is 1040. The zero-order chi connectivity index (χ0) is 22.0. The molecule has 0 spiro atoms. The van der Waals surface area contributed by atoms with Gasteiger partial charge in [-0.05, 0) is 93.0 Å². The number of amides is 1. The second kappa shape index (κ2) is 11.3. The number of hydrogen-bond acceptors (Lipinski definition) is 4. The summed E-state index contributed by atoms with van der Waals surface area (Å²) < 4.78 is 0. The van der Waals surface area contributed by atoms with Crippen molar-refractivity contribution in [3.63, 3.8) is 0 Å². The van der Waals surface area contributed by atoms with E-state index >= 15 is 0 Å². The van der Waals surface area contributed by atoms with Gasteiger partial charge in [0.1, 0.15) is 0 Å². The van der Waals surface area contributed by atoms with Crippen molar-refractivity contribution in [2.75, 3.05) is 31.5 Å². The Hall–Kier alpha value is -3.44. The molecule has 2 N–H and O–H groups in total. The molecular formula is C27H30N4O. The van der Waals surface area contributed by atoms with Gasteiger partial charge in [-0.2, -0.15) is 0 Å². The summed E-state index contributed by atoms with van der Waals surface area (Å²) in [6, 6.07) is 21.6. The zero-order valence-electron chi connectivity index (χ0n) is 18.3. The van der Waals surface area contributed by atoms with E-state index in [1.54, 1.807) is 6.20 Å². The first kappa shape index (κ1) is 21.8. The molecule has 5 heteroatoms. The molecule has 4 rings (SSSR count). The van der Waals surface area contributed by atoms with Crippen LogP contribution in [0.1, 0.15) is 40.9 Å². The summed E-state index contributed by atoms with van der Waals surface area (Å²) in [5, 5.41) is 6.45. The highest BCUT2D eigenvalue weighted by Gasteiger charge is 2.11. The molecule has 1 fully saturated rings. The Balaban J connectivity index is 1.32. The van der Waals surface area contributed by atoms with Crippen molar-refractivity contribution in [3.05, 3.63) is 89.7 Å². The lowest BCUT2D eigenvalue weighted by Gasteiger charge is -2.14. The minimum atomic E-state index is -0.0258. The van der Waals surface area contributed by atoms with Crippen molar-refractivity contribution in [3.8, 4) is 0 Å². The number of pyridine rings is 1. The monoisotopic (exact) mass is 426 g/mol. The molecule has 0 saturated carbocycles. The van der Waals surface area contributed by atoms with Gasteiger partial charge in [0.15, 0.2) is 0 Å². The first-order valence-corrected chi connectivity index (χ1v) is 11.3. The van der Waals surface area contributed by atoms with Crippen molar-refractivity contribution < 1.29 is 4.79 Å². The van der Waals surface area contributed by atoms with Crippen LogP contribution >= 0.6 is 0 Å². The van der Waals surface area contributed by atoms with Crippen LogP contribution in [-0.2, 0) is 0 Å². The average molecular weight is 427 g/mol. The van der Waals surface area contributed by atoms with Crippen LogP contribution in [-0.4, -0.2) is 42.0 Å². The van der Waals surface area contributed by atoms with E-state index in [-0.39, 0.29) is 5.91 Å². The number of carbonyl (C=O) groups excluding carboxylic acids is 1. The SMILES string of the molecule is O=C(NCCCN1CCCC1)c1cccc(Nc2cccc(/C=C/c3ccccn3)c2)c1. The Kier molecular flexibility index (Phi) is 7.66. The van der Waals surface area contributed by atoms with Crippen LogP contribution in [0.4, 0.5) is 11.4 Å². The molecule has 2 aromatic carbocycles. The lowest BCUT2D eigenvalue weighted by atomic mass is 10.1. The number of carbonyl (C=O) groups is 1. The van der Waals surface area contributed by atoms with E-state index < -0.39 is 0 Å². The topological polar surface area (TPSA) is 57.3 Å². The van der Waals surface area contributed by atoms with Crippen LogP contribution in [0.15, 0.2) is 72.9 Å². The highest BCUT2D eigenvalue weighted by Crippen LogP contribution is 2.20. The Morgan fingerprint density at radius 1 is 0.938 bits per heavy atom. The van der Waals surface area contributed by atoms with Crippen molar-refractivity contribution >= 4 is 29.4 Å². The van der Waals surface area contributed by atoms with Crippen molar-refractivity contribution in [1.82, 2.24) is 15.2 Å². The third kappa shape index (κ3) is 6.53. The van der Waals surface area contributed by atoms with Crippen LogP contribution in [0.2, 0.25) is 0 Å². The summed E-state index contributed by atoms with van der Waals surface area (Å²) in [5.74, 6) is -0.0258. The molecule has 32 heavy (non-hydrogen) atoms. The normalized spacial score (nSPS) is 14.0. The summed E-state index contributed by atoms with van der Waals surface area (Å²) in [6.07, 6.45) is 9.41. The molecular weight excluding hydrogens is 396 g/mol. The van der Waals surface area contributed by atoms with Crippen LogP contribution < -0.4 is 10.6 Å². The molecule has 1 aliphatic rings. The van der Waals surface area contributed by atoms with Gasteiger partial charge >= 0.3 is 0 Å². The third-order valence-electron chi connectivity index (χ3n) is 5.57. The molecule has 0 bridgehead atoms. The van der Waals surface area contributed by atoms with Crippen LogP contribution in [0, 0.1) is 0 Å². The molecule has 0 aliphatic carbocycles. The number of hydrogen-bond donors (Lipinski definition) is 2. The lowest BCUT2D eigenvalue weighted by molar-refractivity contribution is 0.0952. The van der Waals surface area contributed by atoms with E-state index in [1.807, 2.05) is 66.7 Å². The maximum atomic E-state index is 12.6. The average Bonchev–Trinajstić information content (AvgIpc) is 3.35. The summed E-state index contributed by atoms with van der Waals surface area (Å²) in [5.41, 5.74) is 4.52. The number of anilines is 2. The smallest absolute Gasteiger partial charge is 0.251 e. The van der Waals surface area contributed by atoms with Gasteiger partial charge in [0, 0.05) is 29.7 Å². The van der Waals surface area contributed by atoms with Gasteiger partial charge in [-0.3, -0.25) is 9.78 Å². The molecule has 0 unspecified atom stereocenters. The van der Waals surface area contributed by atoms with Gasteiger partial charge in [-0.1, -0.05) is 30.3 Å². The third-order valence-corrected chi connectivity index (χ3v) is 5.57. The van der Waals surface area contributed by atoms with Crippen LogP contribution in [0.3, 0.4) is 0 Å². The van der Waals surface area contributed by atoms with E-state index in [0.717, 1.165) is 35.6 Å². The van der Waals surface area contributed by atoms with E-state index in [2.05, 4.69) is 32.7 Å². The summed E-state index contributed by atoms with van der Waals surface area (Å²) in [4.78, 5) is 19.3. The molecule has 3 aromatic rings. The van der Waals surface area contributed by atoms with Gasteiger partial charge in [0.25, 0.3) is 5.91 Å². The molecule has 2 heterocycles. The first-order valence-electron chi connectivity index (χ1n) is 11.3. The number of benzene rings is 2. The highest BCUT2D eigenvalue weighted by atomic mass is 16.1. The standard InChI is InChI=1S/C27H30N4O/c32-27(29-16-7-19-31-17-3-4-18-31)23-9-6-12-26(21-23)30-25-11-5-8-22(20-25)13-14-24-10-1-2-15-28-24/h1-2,5-6,8-15,20-21,30H,3-4,7,16-19H2,(H,29,32)/b14-13+. The largest absolute Gasteiger partial charge is 0.355 e. The Labute approximate surface area is 190 Å². The Morgan fingerprint density at radius 3 is 2.56 bits per heavy atom. The Morgan fingerprint density at radius 2 is 1.75 bits per heavy atom. The summed E-state index contributed by atoms with van der Waals surface area (Å²) in [7, 11) is 0. The van der Waals surface area contributed by atoms with E-state index in [1.165, 1.54) is 25.9 Å². The quantitative estimate of drug-likeness (QED) is 0.461. The number of nitrogens with one attached hydrogen (secondary N) is 2. The van der Waals surface area contributed by atoms with E-state index in [0.29, 0.717) is 12.1 Å². The number of likely N-dealkylation sites (tertiary alicyclic amines) is 1. The number of nitrogens with zero attached hydrogens (tertiary/aromatic N) is 2. The van der Waals surface area contributed by atoms with Gasteiger partial charge in [-0.15, -0.1) is 0 Å². The number of rotatable bonds is 9. The summed E-state index contributed by atoms with van der Waals surface area (Å²) >= 11 is 0. The minimum Gasteiger partial charge on any atom is -0.355 e. The molecule has 1 amide bonds. The molecule has 1 aromatic heterocycles. The van der Waals surface area contributed by atoms with Gasteiger partial charge in [0.2, 0.25) is 0 Å². The molecule has 5 nitrogen and oxygen atoms in total. The van der Waals surface area contributed by atoms with Crippen molar-refractivity contribution in [2.45, 2.75) is 19.3 Å². The highest BCUT2D eigenvalue weighted by molar-refractivity contribution is 5.95. The molecule has 164 valence electrons. The number of aromatic nitrogens is 1. The van der Waals surface area contributed by atoms with Crippen LogP contribution in [0.5, 0.6) is 0 Å². The van der Waals surface area contributed by atoms with Crippen molar-refractivity contribution in [1.29, 1.82) is 0 Å². The fraction of sp³-hybridized carbons (Fsp3) is 0.259. The van der Waals surface area contributed by atoms with Crippen molar-refractivity contribution in [2.24, 2.45) is 0 Å².